The predicted molar refractivity (Wildman–Crippen MR) is 80.3 cm³/mol. The van der Waals surface area contributed by atoms with Gasteiger partial charge in [0.1, 0.15) is 5.75 Å². The lowest BCUT2D eigenvalue weighted by Gasteiger charge is -2.31. The van der Waals surface area contributed by atoms with Crippen molar-refractivity contribution >= 4 is 0 Å². The van der Waals surface area contributed by atoms with Gasteiger partial charge in [-0.1, -0.05) is 38.0 Å². The van der Waals surface area contributed by atoms with Crippen LogP contribution in [0.4, 0.5) is 0 Å². The van der Waals surface area contributed by atoms with E-state index in [0.29, 0.717) is 0 Å². The Labute approximate surface area is 117 Å². The fourth-order valence-corrected chi connectivity index (χ4v) is 3.04. The summed E-state index contributed by atoms with van der Waals surface area (Å²) >= 11 is 0. The van der Waals surface area contributed by atoms with Crippen molar-refractivity contribution in [1.29, 1.82) is 0 Å². The molecule has 1 aliphatic rings. The summed E-state index contributed by atoms with van der Waals surface area (Å²) < 4.78 is 5.95. The SMILES string of the molecule is CC1CCCC(N)(c2ccccc2OC(C)C)CC1. The van der Waals surface area contributed by atoms with E-state index in [1.54, 1.807) is 0 Å². The average Bonchev–Trinajstić information content (AvgIpc) is 2.52. The summed E-state index contributed by atoms with van der Waals surface area (Å²) in [5.74, 6) is 1.76. The summed E-state index contributed by atoms with van der Waals surface area (Å²) in [4.78, 5) is 0. The molecule has 2 atom stereocenters. The Balaban J connectivity index is 2.28. The summed E-state index contributed by atoms with van der Waals surface area (Å²) in [5, 5.41) is 0. The topological polar surface area (TPSA) is 35.2 Å². The Morgan fingerprint density at radius 2 is 1.95 bits per heavy atom. The van der Waals surface area contributed by atoms with Crippen LogP contribution in [0.25, 0.3) is 0 Å². The minimum Gasteiger partial charge on any atom is -0.491 e. The fraction of sp³-hybridized carbons (Fsp3) is 0.647. The molecule has 1 aromatic carbocycles. The van der Waals surface area contributed by atoms with E-state index in [0.717, 1.165) is 24.5 Å². The largest absolute Gasteiger partial charge is 0.491 e. The van der Waals surface area contributed by atoms with Crippen LogP contribution in [0.2, 0.25) is 0 Å². The number of benzene rings is 1. The van der Waals surface area contributed by atoms with Crippen molar-refractivity contribution in [1.82, 2.24) is 0 Å². The molecule has 2 N–H and O–H groups in total. The number of ether oxygens (including phenoxy) is 1. The van der Waals surface area contributed by atoms with Gasteiger partial charge in [0, 0.05) is 11.1 Å². The van der Waals surface area contributed by atoms with Gasteiger partial charge in [0.05, 0.1) is 6.10 Å². The quantitative estimate of drug-likeness (QED) is 0.826. The Morgan fingerprint density at radius 1 is 1.21 bits per heavy atom. The Hall–Kier alpha value is -1.02. The van der Waals surface area contributed by atoms with E-state index in [2.05, 4.69) is 39.0 Å². The Kier molecular flexibility index (Phi) is 4.51. The summed E-state index contributed by atoms with van der Waals surface area (Å²) in [6.07, 6.45) is 6.05. The highest BCUT2D eigenvalue weighted by Gasteiger charge is 2.32. The van der Waals surface area contributed by atoms with Crippen molar-refractivity contribution in [2.45, 2.75) is 64.5 Å². The van der Waals surface area contributed by atoms with Gasteiger partial charge in [0.15, 0.2) is 0 Å². The molecule has 19 heavy (non-hydrogen) atoms. The van der Waals surface area contributed by atoms with Crippen LogP contribution in [-0.4, -0.2) is 6.10 Å². The van der Waals surface area contributed by atoms with Gasteiger partial charge in [-0.05, 0) is 45.1 Å². The van der Waals surface area contributed by atoms with Crippen LogP contribution < -0.4 is 10.5 Å². The molecular weight excluding hydrogens is 234 g/mol. The van der Waals surface area contributed by atoms with Crippen molar-refractivity contribution < 1.29 is 4.74 Å². The highest BCUT2D eigenvalue weighted by Crippen LogP contribution is 2.39. The first-order valence-electron chi connectivity index (χ1n) is 7.56. The lowest BCUT2D eigenvalue weighted by molar-refractivity contribution is 0.231. The maximum Gasteiger partial charge on any atom is 0.124 e. The smallest absolute Gasteiger partial charge is 0.124 e. The number of hydrogen-bond donors (Lipinski definition) is 1. The van der Waals surface area contributed by atoms with Crippen LogP contribution in [0.15, 0.2) is 24.3 Å². The number of rotatable bonds is 3. The lowest BCUT2D eigenvalue weighted by atomic mass is 9.83. The standard InChI is InChI=1S/C17H27NO/c1-13(2)19-16-9-5-4-8-15(16)17(18)11-6-7-14(3)10-12-17/h4-5,8-9,13-14H,6-7,10-12,18H2,1-3H3. The van der Waals surface area contributed by atoms with E-state index in [1.165, 1.54) is 24.8 Å². The van der Waals surface area contributed by atoms with E-state index in [1.807, 2.05) is 6.07 Å². The molecule has 0 amide bonds. The van der Waals surface area contributed by atoms with E-state index in [4.69, 9.17) is 10.5 Å². The third-order valence-electron chi connectivity index (χ3n) is 4.19. The molecule has 106 valence electrons. The zero-order valence-corrected chi connectivity index (χ0v) is 12.5. The van der Waals surface area contributed by atoms with E-state index < -0.39 is 0 Å². The van der Waals surface area contributed by atoms with Crippen molar-refractivity contribution in [3.8, 4) is 5.75 Å². The third kappa shape index (κ3) is 3.50. The number of para-hydroxylation sites is 1. The molecule has 0 heterocycles. The van der Waals surface area contributed by atoms with Gasteiger partial charge in [-0.2, -0.15) is 0 Å². The van der Waals surface area contributed by atoms with Crippen LogP contribution in [0.3, 0.4) is 0 Å². The first-order chi connectivity index (χ1) is 9.01. The molecule has 0 radical (unpaired) electrons. The van der Waals surface area contributed by atoms with Gasteiger partial charge in [0.2, 0.25) is 0 Å². The molecular formula is C17H27NO. The maximum atomic E-state index is 6.74. The van der Waals surface area contributed by atoms with Crippen LogP contribution >= 0.6 is 0 Å². The summed E-state index contributed by atoms with van der Waals surface area (Å²) in [6.45, 7) is 6.46. The van der Waals surface area contributed by atoms with Crippen LogP contribution in [0.1, 0.15) is 58.4 Å². The second-order valence-electron chi connectivity index (χ2n) is 6.35. The van der Waals surface area contributed by atoms with Crippen molar-refractivity contribution in [2.75, 3.05) is 0 Å². The molecule has 2 rings (SSSR count). The molecule has 0 saturated heterocycles. The normalized spacial score (nSPS) is 28.2. The summed E-state index contributed by atoms with van der Waals surface area (Å²) in [7, 11) is 0. The van der Waals surface area contributed by atoms with E-state index >= 15 is 0 Å². The molecule has 0 aliphatic heterocycles. The van der Waals surface area contributed by atoms with Gasteiger partial charge in [0.25, 0.3) is 0 Å². The zero-order chi connectivity index (χ0) is 13.9. The van der Waals surface area contributed by atoms with Gasteiger partial charge in [-0.3, -0.25) is 0 Å². The summed E-state index contributed by atoms with van der Waals surface area (Å²) in [5.41, 5.74) is 7.72. The average molecular weight is 261 g/mol. The molecule has 2 heteroatoms. The second kappa shape index (κ2) is 5.96. The first kappa shape index (κ1) is 14.4. The van der Waals surface area contributed by atoms with Crippen molar-refractivity contribution in [2.24, 2.45) is 11.7 Å². The molecule has 0 spiro atoms. The van der Waals surface area contributed by atoms with Crippen LogP contribution in [0, 0.1) is 5.92 Å². The highest BCUT2D eigenvalue weighted by atomic mass is 16.5. The molecule has 1 fully saturated rings. The van der Waals surface area contributed by atoms with E-state index in [9.17, 15) is 0 Å². The van der Waals surface area contributed by atoms with Gasteiger partial charge in [-0.15, -0.1) is 0 Å². The fourth-order valence-electron chi connectivity index (χ4n) is 3.04. The number of hydrogen-bond acceptors (Lipinski definition) is 2. The molecule has 0 bridgehead atoms. The highest BCUT2D eigenvalue weighted by molar-refractivity contribution is 5.39. The minimum absolute atomic E-state index is 0.189. The Bertz CT molecular complexity index is 415. The first-order valence-corrected chi connectivity index (χ1v) is 7.56. The third-order valence-corrected chi connectivity index (χ3v) is 4.19. The van der Waals surface area contributed by atoms with Crippen molar-refractivity contribution in [3.63, 3.8) is 0 Å². The number of nitrogens with two attached hydrogens (primary N) is 1. The van der Waals surface area contributed by atoms with Gasteiger partial charge < -0.3 is 10.5 Å². The van der Waals surface area contributed by atoms with Crippen molar-refractivity contribution in [3.05, 3.63) is 29.8 Å². The lowest BCUT2D eigenvalue weighted by Crippen LogP contribution is -2.36. The second-order valence-corrected chi connectivity index (χ2v) is 6.35. The van der Waals surface area contributed by atoms with Crippen LogP contribution in [-0.2, 0) is 5.54 Å². The zero-order valence-electron chi connectivity index (χ0n) is 12.5. The monoisotopic (exact) mass is 261 g/mol. The van der Waals surface area contributed by atoms with E-state index in [-0.39, 0.29) is 11.6 Å². The molecule has 2 nitrogen and oxygen atoms in total. The molecule has 0 aromatic heterocycles. The summed E-state index contributed by atoms with van der Waals surface area (Å²) in [6, 6.07) is 8.31. The van der Waals surface area contributed by atoms with Gasteiger partial charge in [-0.25, -0.2) is 0 Å². The molecule has 1 aliphatic carbocycles. The molecule has 1 saturated carbocycles. The maximum absolute atomic E-state index is 6.74. The minimum atomic E-state index is -0.212. The Morgan fingerprint density at radius 3 is 2.68 bits per heavy atom. The predicted octanol–water partition coefficient (Wildman–Crippen LogP) is 4.23. The molecule has 1 aromatic rings. The van der Waals surface area contributed by atoms with Gasteiger partial charge >= 0.3 is 0 Å². The van der Waals surface area contributed by atoms with Crippen LogP contribution in [0.5, 0.6) is 5.75 Å². The molecule has 2 unspecified atom stereocenters.